The minimum atomic E-state index is -1.36. The van der Waals surface area contributed by atoms with Crippen LogP contribution in [0.3, 0.4) is 0 Å². The van der Waals surface area contributed by atoms with E-state index >= 15 is 0 Å². The highest BCUT2D eigenvalue weighted by molar-refractivity contribution is 9.10. The first-order valence-corrected chi connectivity index (χ1v) is 6.37. The van der Waals surface area contributed by atoms with E-state index < -0.39 is 23.2 Å². The fraction of sp³-hybridized carbons (Fsp3) is 0.0714. The third-order valence-corrected chi connectivity index (χ3v) is 3.08. The Morgan fingerprint density at radius 3 is 2.70 bits per heavy atom. The average Bonchev–Trinajstić information content (AvgIpc) is 2.41. The number of ether oxygens (including phenoxy) is 1. The lowest BCUT2D eigenvalue weighted by Crippen LogP contribution is -2.06. The standard InChI is InChI=1S/C14H9BrF2O3/c15-9-4-5-11(16)12(6-9)20-7-8-2-1-3-10(13(8)17)14(18)19/h1-6H,7H2,(H,18,19). The van der Waals surface area contributed by atoms with Gasteiger partial charge in [0.05, 0.1) is 5.56 Å². The van der Waals surface area contributed by atoms with E-state index in [4.69, 9.17) is 9.84 Å². The molecule has 0 radical (unpaired) electrons. The number of aromatic carboxylic acids is 1. The molecule has 0 saturated heterocycles. The molecule has 0 spiro atoms. The van der Waals surface area contributed by atoms with E-state index in [9.17, 15) is 13.6 Å². The molecule has 0 saturated carbocycles. The molecule has 0 heterocycles. The summed E-state index contributed by atoms with van der Waals surface area (Å²) in [6.45, 7) is -0.264. The lowest BCUT2D eigenvalue weighted by atomic mass is 10.1. The van der Waals surface area contributed by atoms with Crippen LogP contribution < -0.4 is 4.74 Å². The fourth-order valence-corrected chi connectivity index (χ4v) is 1.94. The van der Waals surface area contributed by atoms with Crippen molar-refractivity contribution in [1.29, 1.82) is 0 Å². The zero-order valence-corrected chi connectivity index (χ0v) is 11.7. The van der Waals surface area contributed by atoms with Gasteiger partial charge in [-0.15, -0.1) is 0 Å². The zero-order chi connectivity index (χ0) is 14.7. The summed E-state index contributed by atoms with van der Waals surface area (Å²) in [5, 5.41) is 8.81. The maximum atomic E-state index is 13.8. The molecule has 3 nitrogen and oxygen atoms in total. The Bertz CT molecular complexity index is 659. The van der Waals surface area contributed by atoms with Crippen LogP contribution in [0.4, 0.5) is 8.78 Å². The van der Waals surface area contributed by atoms with Gasteiger partial charge in [0.1, 0.15) is 12.4 Å². The molecule has 0 amide bonds. The molecule has 6 heteroatoms. The van der Waals surface area contributed by atoms with Crippen molar-refractivity contribution in [3.05, 3.63) is 63.6 Å². The topological polar surface area (TPSA) is 46.5 Å². The molecule has 0 aromatic heterocycles. The monoisotopic (exact) mass is 342 g/mol. The van der Waals surface area contributed by atoms with Gasteiger partial charge in [-0.25, -0.2) is 13.6 Å². The molecule has 0 bridgehead atoms. The van der Waals surface area contributed by atoms with Crippen molar-refractivity contribution in [2.24, 2.45) is 0 Å². The van der Waals surface area contributed by atoms with Crippen LogP contribution in [0.15, 0.2) is 40.9 Å². The maximum Gasteiger partial charge on any atom is 0.338 e. The third-order valence-electron chi connectivity index (χ3n) is 2.59. The first-order valence-electron chi connectivity index (χ1n) is 5.57. The third kappa shape index (κ3) is 3.14. The summed E-state index contributed by atoms with van der Waals surface area (Å²) in [6.07, 6.45) is 0. The summed E-state index contributed by atoms with van der Waals surface area (Å²) in [5.74, 6) is -2.86. The highest BCUT2D eigenvalue weighted by atomic mass is 79.9. The molecule has 2 aromatic carbocycles. The number of rotatable bonds is 4. The second-order valence-corrected chi connectivity index (χ2v) is 4.86. The van der Waals surface area contributed by atoms with Gasteiger partial charge in [-0.3, -0.25) is 0 Å². The summed E-state index contributed by atoms with van der Waals surface area (Å²) < 4.78 is 33.1. The minimum Gasteiger partial charge on any atom is -0.486 e. The quantitative estimate of drug-likeness (QED) is 0.913. The maximum absolute atomic E-state index is 13.8. The molecule has 0 atom stereocenters. The van der Waals surface area contributed by atoms with Crippen molar-refractivity contribution in [3.8, 4) is 5.75 Å². The lowest BCUT2D eigenvalue weighted by Gasteiger charge is -2.09. The predicted octanol–water partition coefficient (Wildman–Crippen LogP) is 4.00. The second kappa shape index (κ2) is 6.00. The Hall–Kier alpha value is -1.95. The summed E-state index contributed by atoms with van der Waals surface area (Å²) in [5.41, 5.74) is -0.398. The number of hydrogen-bond donors (Lipinski definition) is 1. The molecular weight excluding hydrogens is 334 g/mol. The Morgan fingerprint density at radius 1 is 1.25 bits per heavy atom. The van der Waals surface area contributed by atoms with Crippen LogP contribution in [0.5, 0.6) is 5.75 Å². The Balaban J connectivity index is 2.21. The number of carbonyl (C=O) groups is 1. The van der Waals surface area contributed by atoms with Crippen LogP contribution in [0, 0.1) is 11.6 Å². The number of carboxylic acids is 1. The summed E-state index contributed by atoms with van der Waals surface area (Å²) in [6, 6.07) is 8.08. The van der Waals surface area contributed by atoms with Crippen molar-refractivity contribution in [1.82, 2.24) is 0 Å². The van der Waals surface area contributed by atoms with E-state index in [-0.39, 0.29) is 17.9 Å². The van der Waals surface area contributed by atoms with Gasteiger partial charge in [-0.2, -0.15) is 0 Å². The second-order valence-electron chi connectivity index (χ2n) is 3.95. The van der Waals surface area contributed by atoms with Crippen LogP contribution in [0.2, 0.25) is 0 Å². The van der Waals surface area contributed by atoms with Gasteiger partial charge in [-0.1, -0.05) is 28.1 Å². The number of hydrogen-bond acceptors (Lipinski definition) is 2. The molecule has 1 N–H and O–H groups in total. The Morgan fingerprint density at radius 2 is 2.00 bits per heavy atom. The van der Waals surface area contributed by atoms with E-state index in [1.807, 2.05) is 0 Å². The minimum absolute atomic E-state index is 0.0421. The van der Waals surface area contributed by atoms with Crippen molar-refractivity contribution in [2.45, 2.75) is 6.61 Å². The summed E-state index contributed by atoms with van der Waals surface area (Å²) in [4.78, 5) is 10.8. The SMILES string of the molecule is O=C(O)c1cccc(COc2cc(Br)ccc2F)c1F. The van der Waals surface area contributed by atoms with Crippen molar-refractivity contribution >= 4 is 21.9 Å². The molecule has 0 fully saturated rings. The van der Waals surface area contributed by atoms with Crippen molar-refractivity contribution < 1.29 is 23.4 Å². The zero-order valence-electron chi connectivity index (χ0n) is 10.1. The highest BCUT2D eigenvalue weighted by Gasteiger charge is 2.14. The molecule has 0 aliphatic rings. The number of benzene rings is 2. The van der Waals surface area contributed by atoms with Crippen LogP contribution in [-0.4, -0.2) is 11.1 Å². The van der Waals surface area contributed by atoms with E-state index in [0.29, 0.717) is 4.47 Å². The molecule has 104 valence electrons. The largest absolute Gasteiger partial charge is 0.486 e. The molecular formula is C14H9BrF2O3. The van der Waals surface area contributed by atoms with Crippen LogP contribution in [0.1, 0.15) is 15.9 Å². The summed E-state index contributed by atoms with van der Waals surface area (Å²) in [7, 11) is 0. The fourth-order valence-electron chi connectivity index (χ4n) is 1.60. The summed E-state index contributed by atoms with van der Waals surface area (Å²) >= 11 is 3.17. The first-order chi connectivity index (χ1) is 9.49. The van der Waals surface area contributed by atoms with E-state index in [1.54, 1.807) is 0 Å². The van der Waals surface area contributed by atoms with Gasteiger partial charge in [0.2, 0.25) is 0 Å². The van der Waals surface area contributed by atoms with Crippen LogP contribution >= 0.6 is 15.9 Å². The van der Waals surface area contributed by atoms with E-state index in [0.717, 1.165) is 6.07 Å². The predicted molar refractivity (Wildman–Crippen MR) is 71.8 cm³/mol. The first kappa shape index (κ1) is 14.5. The van der Waals surface area contributed by atoms with Gasteiger partial charge < -0.3 is 9.84 Å². The van der Waals surface area contributed by atoms with Crippen LogP contribution in [-0.2, 0) is 6.61 Å². The molecule has 0 aliphatic carbocycles. The van der Waals surface area contributed by atoms with Gasteiger partial charge in [-0.05, 0) is 24.3 Å². The smallest absolute Gasteiger partial charge is 0.338 e. The van der Waals surface area contributed by atoms with Gasteiger partial charge in [0.15, 0.2) is 11.6 Å². The normalized spacial score (nSPS) is 10.3. The molecule has 0 aliphatic heterocycles. The molecule has 0 unspecified atom stereocenters. The molecule has 20 heavy (non-hydrogen) atoms. The van der Waals surface area contributed by atoms with E-state index in [1.165, 1.54) is 30.3 Å². The van der Waals surface area contributed by atoms with Crippen molar-refractivity contribution in [2.75, 3.05) is 0 Å². The molecule has 2 aromatic rings. The Kier molecular flexibility index (Phi) is 4.34. The Labute approximate surface area is 121 Å². The van der Waals surface area contributed by atoms with Crippen LogP contribution in [0.25, 0.3) is 0 Å². The van der Waals surface area contributed by atoms with Crippen molar-refractivity contribution in [3.63, 3.8) is 0 Å². The van der Waals surface area contributed by atoms with Gasteiger partial charge in [0, 0.05) is 10.0 Å². The average molecular weight is 343 g/mol. The highest BCUT2D eigenvalue weighted by Crippen LogP contribution is 2.24. The van der Waals surface area contributed by atoms with E-state index in [2.05, 4.69) is 15.9 Å². The number of halogens is 3. The van der Waals surface area contributed by atoms with Gasteiger partial charge in [0.25, 0.3) is 0 Å². The molecule has 2 rings (SSSR count). The lowest BCUT2D eigenvalue weighted by molar-refractivity contribution is 0.0691. The number of carboxylic acid groups (broad SMARTS) is 1. The van der Waals surface area contributed by atoms with Gasteiger partial charge >= 0.3 is 5.97 Å².